The first-order valence-electron chi connectivity index (χ1n) is 11.0. The van der Waals surface area contributed by atoms with Gasteiger partial charge in [-0.05, 0) is 49.2 Å². The van der Waals surface area contributed by atoms with Gasteiger partial charge in [-0.25, -0.2) is 9.78 Å². The van der Waals surface area contributed by atoms with Crippen LogP contribution in [0.4, 0.5) is 11.5 Å². The van der Waals surface area contributed by atoms with Crippen molar-refractivity contribution in [2.24, 2.45) is 0 Å². The van der Waals surface area contributed by atoms with Gasteiger partial charge in [-0.1, -0.05) is 24.3 Å². The Morgan fingerprint density at radius 3 is 2.64 bits per heavy atom. The maximum absolute atomic E-state index is 13.4. The van der Waals surface area contributed by atoms with E-state index in [1.807, 2.05) is 58.0 Å². The van der Waals surface area contributed by atoms with Gasteiger partial charge in [-0.2, -0.15) is 0 Å². The molecule has 0 spiro atoms. The quantitative estimate of drug-likeness (QED) is 0.487. The molecule has 0 saturated carbocycles. The highest BCUT2D eigenvalue weighted by Crippen LogP contribution is 2.30. The second-order valence-electron chi connectivity index (χ2n) is 8.07. The number of carbonyl (C=O) groups is 1. The minimum atomic E-state index is -0.100. The zero-order valence-electron chi connectivity index (χ0n) is 18.3. The molecule has 1 aliphatic heterocycles. The number of pyridine rings is 1. The van der Waals surface area contributed by atoms with E-state index in [-0.39, 0.29) is 17.6 Å². The van der Waals surface area contributed by atoms with Crippen molar-refractivity contribution in [3.05, 3.63) is 82.9 Å². The zero-order valence-corrected chi connectivity index (χ0v) is 18.3. The molecule has 4 aromatic rings. The number of hydrogen-bond acceptors (Lipinski definition) is 5. The average Bonchev–Trinajstić information content (AvgIpc) is 3.20. The monoisotopic (exact) mass is 443 g/mol. The first kappa shape index (κ1) is 20.8. The van der Waals surface area contributed by atoms with Crippen molar-refractivity contribution in [1.82, 2.24) is 19.4 Å². The van der Waals surface area contributed by atoms with Crippen LogP contribution < -0.4 is 15.7 Å². The number of benzene rings is 2. The second-order valence-corrected chi connectivity index (χ2v) is 8.07. The lowest BCUT2D eigenvalue weighted by Crippen LogP contribution is -2.40. The summed E-state index contributed by atoms with van der Waals surface area (Å²) in [7, 11) is 1.61. The third-order valence-corrected chi connectivity index (χ3v) is 6.14. The molecule has 33 heavy (non-hydrogen) atoms. The predicted molar refractivity (Wildman–Crippen MR) is 127 cm³/mol. The normalized spacial score (nSPS) is 14.4. The Hall–Kier alpha value is -4.07. The number of nitrogens with zero attached hydrogens (tertiary/aromatic N) is 3. The number of aromatic nitrogens is 3. The fraction of sp³-hybridized carbons (Fsp3) is 0.240. The number of fused-ring (bicyclic) bond motifs is 1. The SMILES string of the molecule is COc1ccccc1Nc1ncccc1C(=O)N1CCC(n2c(=O)[nH]c3ccccc32)CC1. The summed E-state index contributed by atoms with van der Waals surface area (Å²) in [4.78, 5) is 35.1. The summed E-state index contributed by atoms with van der Waals surface area (Å²) in [6.45, 7) is 1.14. The first-order chi connectivity index (χ1) is 16.2. The number of hydrogen-bond donors (Lipinski definition) is 2. The van der Waals surface area contributed by atoms with E-state index in [2.05, 4.69) is 15.3 Å². The summed E-state index contributed by atoms with van der Waals surface area (Å²) in [5.41, 5.74) is 2.89. The highest BCUT2D eigenvalue weighted by atomic mass is 16.5. The number of anilines is 2. The zero-order chi connectivity index (χ0) is 22.8. The van der Waals surface area contributed by atoms with Crippen LogP contribution in [0.1, 0.15) is 29.2 Å². The summed E-state index contributed by atoms with van der Waals surface area (Å²) in [5.74, 6) is 1.08. The van der Waals surface area contributed by atoms with Gasteiger partial charge in [0.2, 0.25) is 0 Å². The van der Waals surface area contributed by atoms with E-state index in [1.165, 1.54) is 0 Å². The minimum Gasteiger partial charge on any atom is -0.495 e. The number of imidazole rings is 1. The topological polar surface area (TPSA) is 92.2 Å². The number of methoxy groups -OCH3 is 1. The Bertz CT molecular complexity index is 1350. The molecule has 0 radical (unpaired) electrons. The number of amides is 1. The largest absolute Gasteiger partial charge is 0.495 e. The van der Waals surface area contributed by atoms with Crippen LogP contribution in [0.25, 0.3) is 11.0 Å². The van der Waals surface area contributed by atoms with E-state index in [9.17, 15) is 9.59 Å². The fourth-order valence-electron chi connectivity index (χ4n) is 4.49. The van der Waals surface area contributed by atoms with Crippen molar-refractivity contribution in [2.75, 3.05) is 25.5 Å². The number of aromatic amines is 1. The number of nitrogens with one attached hydrogen (secondary N) is 2. The molecule has 2 aromatic heterocycles. The van der Waals surface area contributed by atoms with Crippen molar-refractivity contribution < 1.29 is 9.53 Å². The molecule has 3 heterocycles. The van der Waals surface area contributed by atoms with Gasteiger partial charge in [0.1, 0.15) is 11.6 Å². The maximum Gasteiger partial charge on any atom is 0.326 e. The molecule has 5 rings (SSSR count). The molecule has 1 amide bonds. The smallest absolute Gasteiger partial charge is 0.326 e. The Kier molecular flexibility index (Phi) is 5.56. The van der Waals surface area contributed by atoms with Crippen LogP contribution in [0, 0.1) is 0 Å². The number of rotatable bonds is 5. The molecule has 8 nitrogen and oxygen atoms in total. The van der Waals surface area contributed by atoms with E-state index < -0.39 is 0 Å². The van der Waals surface area contributed by atoms with Crippen LogP contribution in [0.2, 0.25) is 0 Å². The van der Waals surface area contributed by atoms with Gasteiger partial charge in [0, 0.05) is 25.3 Å². The van der Waals surface area contributed by atoms with E-state index in [0.717, 1.165) is 16.7 Å². The van der Waals surface area contributed by atoms with Crippen molar-refractivity contribution >= 4 is 28.4 Å². The van der Waals surface area contributed by atoms with Crippen molar-refractivity contribution in [2.45, 2.75) is 18.9 Å². The van der Waals surface area contributed by atoms with Gasteiger partial charge in [0.25, 0.3) is 5.91 Å². The Labute approximate surface area is 190 Å². The van der Waals surface area contributed by atoms with Crippen LogP contribution in [0.15, 0.2) is 71.7 Å². The molecule has 1 fully saturated rings. The molecule has 0 unspecified atom stereocenters. The standard InChI is InChI=1S/C25H25N5O3/c1-33-22-11-5-3-9-20(22)27-23-18(7-6-14-26-23)24(31)29-15-12-17(13-16-29)30-21-10-4-2-8-19(21)28-25(30)32/h2-11,14,17H,12-13,15-16H2,1H3,(H,26,27)(H,28,32). The lowest BCUT2D eigenvalue weighted by molar-refractivity contribution is 0.0695. The predicted octanol–water partition coefficient (Wildman–Crippen LogP) is 3.95. The number of ether oxygens (including phenoxy) is 1. The van der Waals surface area contributed by atoms with Crippen LogP contribution in [-0.2, 0) is 0 Å². The van der Waals surface area contributed by atoms with Crippen molar-refractivity contribution in [3.8, 4) is 5.75 Å². The van der Waals surface area contributed by atoms with E-state index in [4.69, 9.17) is 4.74 Å². The third-order valence-electron chi connectivity index (χ3n) is 6.14. The first-order valence-corrected chi connectivity index (χ1v) is 11.0. The van der Waals surface area contributed by atoms with Crippen LogP contribution in [0.5, 0.6) is 5.75 Å². The molecule has 0 atom stereocenters. The molecule has 2 aromatic carbocycles. The van der Waals surface area contributed by atoms with Gasteiger partial charge in [-0.3, -0.25) is 9.36 Å². The number of piperidine rings is 1. The average molecular weight is 444 g/mol. The Balaban J connectivity index is 1.34. The lowest BCUT2D eigenvalue weighted by Gasteiger charge is -2.33. The maximum atomic E-state index is 13.4. The Morgan fingerprint density at radius 2 is 1.82 bits per heavy atom. The molecule has 1 aliphatic rings. The lowest BCUT2D eigenvalue weighted by atomic mass is 10.0. The summed E-state index contributed by atoms with van der Waals surface area (Å²) in [5, 5.41) is 3.24. The number of carbonyl (C=O) groups excluding carboxylic acids is 1. The third kappa shape index (κ3) is 3.95. The highest BCUT2D eigenvalue weighted by molar-refractivity contribution is 5.99. The van der Waals surface area contributed by atoms with E-state index in [0.29, 0.717) is 43.1 Å². The molecule has 0 bridgehead atoms. The molecular weight excluding hydrogens is 418 g/mol. The molecule has 8 heteroatoms. The van der Waals surface area contributed by atoms with E-state index in [1.54, 1.807) is 25.4 Å². The molecular formula is C25H25N5O3. The number of likely N-dealkylation sites (tertiary alicyclic amines) is 1. The molecule has 1 saturated heterocycles. The molecule has 2 N–H and O–H groups in total. The highest BCUT2D eigenvalue weighted by Gasteiger charge is 2.28. The van der Waals surface area contributed by atoms with Crippen molar-refractivity contribution in [3.63, 3.8) is 0 Å². The summed E-state index contributed by atoms with van der Waals surface area (Å²) in [6, 6.07) is 18.8. The summed E-state index contributed by atoms with van der Waals surface area (Å²) >= 11 is 0. The summed E-state index contributed by atoms with van der Waals surface area (Å²) < 4.78 is 7.23. The minimum absolute atomic E-state index is 0.0535. The van der Waals surface area contributed by atoms with Gasteiger partial charge >= 0.3 is 5.69 Å². The molecule has 168 valence electrons. The van der Waals surface area contributed by atoms with Gasteiger partial charge < -0.3 is 19.9 Å². The van der Waals surface area contributed by atoms with Crippen LogP contribution in [0.3, 0.4) is 0 Å². The molecule has 0 aliphatic carbocycles. The number of H-pyrrole nitrogens is 1. The second kappa shape index (κ2) is 8.82. The van der Waals surface area contributed by atoms with Gasteiger partial charge in [-0.15, -0.1) is 0 Å². The van der Waals surface area contributed by atoms with Crippen LogP contribution >= 0.6 is 0 Å². The van der Waals surface area contributed by atoms with Gasteiger partial charge in [0.15, 0.2) is 0 Å². The van der Waals surface area contributed by atoms with Crippen molar-refractivity contribution in [1.29, 1.82) is 0 Å². The van der Waals surface area contributed by atoms with Gasteiger partial charge in [0.05, 0.1) is 29.4 Å². The fourth-order valence-corrected chi connectivity index (χ4v) is 4.49. The Morgan fingerprint density at radius 1 is 1.06 bits per heavy atom. The van der Waals surface area contributed by atoms with E-state index >= 15 is 0 Å². The van der Waals surface area contributed by atoms with Crippen LogP contribution in [-0.4, -0.2) is 45.5 Å². The number of para-hydroxylation sites is 4. The summed E-state index contributed by atoms with van der Waals surface area (Å²) in [6.07, 6.45) is 3.08.